The molecule has 0 radical (unpaired) electrons. The molecule has 0 bridgehead atoms. The van der Waals surface area contributed by atoms with E-state index < -0.39 is 0 Å². The fourth-order valence-electron chi connectivity index (χ4n) is 1.55. The van der Waals surface area contributed by atoms with E-state index in [2.05, 4.69) is 29.3 Å². The lowest BCUT2D eigenvalue weighted by Gasteiger charge is -2.26. The number of thioether (sulfide) groups is 2. The number of hydrogen-bond donors (Lipinski definition) is 1. The van der Waals surface area contributed by atoms with Gasteiger partial charge in [-0.1, -0.05) is 6.07 Å². The van der Waals surface area contributed by atoms with E-state index >= 15 is 0 Å². The third kappa shape index (κ3) is 2.92. The molecule has 0 aliphatic carbocycles. The van der Waals surface area contributed by atoms with Crippen LogP contribution in [0.1, 0.15) is 4.88 Å². The van der Waals surface area contributed by atoms with E-state index in [0.29, 0.717) is 11.3 Å². The molecule has 1 aliphatic rings. The molecule has 1 nitrogen and oxygen atoms in total. The SMILES string of the molecule is NC(Cc1cccs1)C1CSCCS1. The van der Waals surface area contributed by atoms with Crippen LogP contribution in [0.15, 0.2) is 17.5 Å². The van der Waals surface area contributed by atoms with Crippen molar-refractivity contribution in [2.24, 2.45) is 5.73 Å². The first kappa shape index (κ1) is 10.9. The third-order valence-electron chi connectivity index (χ3n) is 2.34. The van der Waals surface area contributed by atoms with Crippen molar-refractivity contribution in [3.8, 4) is 0 Å². The fourth-order valence-corrected chi connectivity index (χ4v) is 5.15. The molecule has 4 heteroatoms. The zero-order chi connectivity index (χ0) is 9.80. The first-order valence-electron chi connectivity index (χ1n) is 4.83. The van der Waals surface area contributed by atoms with Crippen LogP contribution >= 0.6 is 34.9 Å². The van der Waals surface area contributed by atoms with Crippen LogP contribution in [-0.2, 0) is 6.42 Å². The monoisotopic (exact) mass is 245 g/mol. The summed E-state index contributed by atoms with van der Waals surface area (Å²) in [5, 5.41) is 2.79. The highest BCUT2D eigenvalue weighted by Gasteiger charge is 2.21. The predicted octanol–water partition coefficient (Wildman–Crippen LogP) is 2.47. The Morgan fingerprint density at radius 3 is 3.07 bits per heavy atom. The molecule has 1 aliphatic heterocycles. The highest BCUT2D eigenvalue weighted by molar-refractivity contribution is 8.06. The van der Waals surface area contributed by atoms with Gasteiger partial charge in [0.2, 0.25) is 0 Å². The second-order valence-electron chi connectivity index (χ2n) is 3.43. The summed E-state index contributed by atoms with van der Waals surface area (Å²) in [6, 6.07) is 4.63. The van der Waals surface area contributed by atoms with Gasteiger partial charge in [-0.3, -0.25) is 0 Å². The van der Waals surface area contributed by atoms with E-state index in [9.17, 15) is 0 Å². The second-order valence-corrected chi connectivity index (χ2v) is 6.96. The summed E-state index contributed by atoms with van der Waals surface area (Å²) in [7, 11) is 0. The second kappa shape index (κ2) is 5.45. The van der Waals surface area contributed by atoms with Crippen molar-refractivity contribution in [1.82, 2.24) is 0 Å². The average molecular weight is 245 g/mol. The van der Waals surface area contributed by atoms with Gasteiger partial charge >= 0.3 is 0 Å². The maximum Gasteiger partial charge on any atom is 0.0293 e. The van der Waals surface area contributed by atoms with Gasteiger partial charge in [0.05, 0.1) is 0 Å². The van der Waals surface area contributed by atoms with Crippen molar-refractivity contribution < 1.29 is 0 Å². The summed E-state index contributed by atoms with van der Waals surface area (Å²) >= 11 is 5.92. The molecule has 1 aromatic rings. The number of hydrogen-bond acceptors (Lipinski definition) is 4. The molecule has 0 saturated carbocycles. The van der Waals surface area contributed by atoms with Crippen LogP contribution < -0.4 is 5.73 Å². The standard InChI is InChI=1S/C10H15NS3/c11-9(6-8-2-1-3-13-8)10-7-12-4-5-14-10/h1-3,9-10H,4-7,11H2. The first-order chi connectivity index (χ1) is 6.86. The largest absolute Gasteiger partial charge is 0.326 e. The van der Waals surface area contributed by atoms with Gasteiger partial charge in [0.25, 0.3) is 0 Å². The summed E-state index contributed by atoms with van der Waals surface area (Å²) < 4.78 is 0. The summed E-state index contributed by atoms with van der Waals surface area (Å²) in [5.41, 5.74) is 6.21. The average Bonchev–Trinajstić information content (AvgIpc) is 2.72. The van der Waals surface area contributed by atoms with Gasteiger partial charge in [-0.05, 0) is 17.9 Å². The lowest BCUT2D eigenvalue weighted by Crippen LogP contribution is -2.37. The summed E-state index contributed by atoms with van der Waals surface area (Å²) in [4.78, 5) is 1.42. The van der Waals surface area contributed by atoms with Gasteiger partial charge in [-0.15, -0.1) is 11.3 Å². The highest BCUT2D eigenvalue weighted by Crippen LogP contribution is 2.27. The molecule has 0 aromatic carbocycles. The van der Waals surface area contributed by atoms with Crippen molar-refractivity contribution in [2.45, 2.75) is 17.7 Å². The molecule has 2 N–H and O–H groups in total. The Labute approximate surface area is 97.8 Å². The zero-order valence-corrected chi connectivity index (χ0v) is 10.5. The Morgan fingerprint density at radius 2 is 2.43 bits per heavy atom. The molecule has 1 aromatic heterocycles. The van der Waals surface area contributed by atoms with Crippen molar-refractivity contribution in [3.05, 3.63) is 22.4 Å². The molecule has 2 atom stereocenters. The Kier molecular flexibility index (Phi) is 4.23. The quantitative estimate of drug-likeness (QED) is 0.886. The van der Waals surface area contributed by atoms with Crippen LogP contribution in [0.2, 0.25) is 0 Å². The maximum absolute atomic E-state index is 6.21. The molecule has 2 heterocycles. The Hall–Kier alpha value is 0.360. The first-order valence-corrected chi connectivity index (χ1v) is 7.92. The Balaban J connectivity index is 1.85. The van der Waals surface area contributed by atoms with Gasteiger partial charge in [0.15, 0.2) is 0 Å². The molecule has 14 heavy (non-hydrogen) atoms. The lowest BCUT2D eigenvalue weighted by atomic mass is 10.1. The molecular formula is C10H15NS3. The maximum atomic E-state index is 6.21. The van der Waals surface area contributed by atoms with E-state index in [1.165, 1.54) is 22.1 Å². The molecule has 1 fully saturated rings. The number of rotatable bonds is 3. The number of nitrogens with two attached hydrogens (primary N) is 1. The molecule has 78 valence electrons. The van der Waals surface area contributed by atoms with Crippen LogP contribution in [0.5, 0.6) is 0 Å². The fraction of sp³-hybridized carbons (Fsp3) is 0.600. The molecule has 1 saturated heterocycles. The molecular weight excluding hydrogens is 230 g/mol. The molecule has 2 rings (SSSR count). The van der Waals surface area contributed by atoms with Crippen LogP contribution in [0.4, 0.5) is 0 Å². The van der Waals surface area contributed by atoms with Crippen molar-refractivity contribution in [1.29, 1.82) is 0 Å². The minimum atomic E-state index is 0.339. The summed E-state index contributed by atoms with van der Waals surface area (Å²) in [6.45, 7) is 0. The molecule has 2 unspecified atom stereocenters. The smallest absolute Gasteiger partial charge is 0.0293 e. The highest BCUT2D eigenvalue weighted by atomic mass is 32.2. The van der Waals surface area contributed by atoms with Crippen LogP contribution in [-0.4, -0.2) is 28.6 Å². The third-order valence-corrected chi connectivity index (χ3v) is 6.18. The molecule has 0 spiro atoms. The van der Waals surface area contributed by atoms with Gasteiger partial charge < -0.3 is 5.73 Å². The van der Waals surface area contributed by atoms with E-state index in [1.807, 2.05) is 23.1 Å². The predicted molar refractivity (Wildman–Crippen MR) is 69.6 cm³/mol. The van der Waals surface area contributed by atoms with Crippen molar-refractivity contribution >= 4 is 34.9 Å². The van der Waals surface area contributed by atoms with Gasteiger partial charge in [-0.25, -0.2) is 0 Å². The van der Waals surface area contributed by atoms with Crippen molar-refractivity contribution in [2.75, 3.05) is 17.3 Å². The van der Waals surface area contributed by atoms with Gasteiger partial charge in [0, 0.05) is 33.4 Å². The summed E-state index contributed by atoms with van der Waals surface area (Å²) in [6.07, 6.45) is 1.05. The van der Waals surface area contributed by atoms with E-state index in [-0.39, 0.29) is 0 Å². The minimum Gasteiger partial charge on any atom is -0.326 e. The van der Waals surface area contributed by atoms with Crippen LogP contribution in [0, 0.1) is 0 Å². The molecule has 0 amide bonds. The van der Waals surface area contributed by atoms with E-state index in [4.69, 9.17) is 5.73 Å². The van der Waals surface area contributed by atoms with Crippen molar-refractivity contribution in [3.63, 3.8) is 0 Å². The Morgan fingerprint density at radius 1 is 1.50 bits per heavy atom. The van der Waals surface area contributed by atoms with E-state index in [0.717, 1.165) is 6.42 Å². The topological polar surface area (TPSA) is 26.0 Å². The summed E-state index contributed by atoms with van der Waals surface area (Å²) in [5.74, 6) is 3.80. The van der Waals surface area contributed by atoms with Gasteiger partial charge in [-0.2, -0.15) is 23.5 Å². The van der Waals surface area contributed by atoms with Crippen LogP contribution in [0.25, 0.3) is 0 Å². The van der Waals surface area contributed by atoms with E-state index in [1.54, 1.807) is 0 Å². The zero-order valence-electron chi connectivity index (χ0n) is 8.02. The minimum absolute atomic E-state index is 0.339. The van der Waals surface area contributed by atoms with Crippen LogP contribution in [0.3, 0.4) is 0 Å². The Bertz CT molecular complexity index is 254. The van der Waals surface area contributed by atoms with Gasteiger partial charge in [0.1, 0.15) is 0 Å². The number of thiophene rings is 1. The lowest BCUT2D eigenvalue weighted by molar-refractivity contribution is 0.670. The normalized spacial score (nSPS) is 24.8.